The highest BCUT2D eigenvalue weighted by atomic mass is 14.7. The molecule has 2 aromatic carbocycles. The van der Waals surface area contributed by atoms with Crippen molar-refractivity contribution in [3.8, 4) is 0 Å². The van der Waals surface area contributed by atoms with E-state index in [0.717, 1.165) is 5.92 Å². The number of nitrogens with zero attached hydrogens (tertiary/aromatic N) is 1. The van der Waals surface area contributed by atoms with Gasteiger partial charge in [-0.25, -0.2) is 0 Å². The monoisotopic (exact) mass is 393 g/mol. The lowest BCUT2D eigenvalue weighted by molar-refractivity contribution is 0.258. The Kier molecular flexibility index (Phi) is 4.52. The minimum absolute atomic E-state index is 0.0692. The number of allylic oxidation sites excluding steroid dienone is 4. The summed E-state index contributed by atoms with van der Waals surface area (Å²) in [6.45, 7) is 0. The molecule has 0 aromatic heterocycles. The zero-order valence-corrected chi connectivity index (χ0v) is 17.8. The van der Waals surface area contributed by atoms with Gasteiger partial charge < -0.3 is 0 Å². The van der Waals surface area contributed by atoms with Gasteiger partial charge >= 0.3 is 0 Å². The molecule has 6 rings (SSSR count). The molecule has 0 N–H and O–H groups in total. The minimum Gasteiger partial charge on any atom is -0.268 e. The minimum atomic E-state index is 0.0692. The SMILES string of the molecule is C1=CN=CC(C2CCCC2)(C2CCCc3c2ccc2c4c(ccc32)C=CCC4)C=C1. The largest absolute Gasteiger partial charge is 0.268 e. The van der Waals surface area contributed by atoms with Gasteiger partial charge in [0.2, 0.25) is 0 Å². The lowest BCUT2D eigenvalue weighted by Crippen LogP contribution is -2.37. The van der Waals surface area contributed by atoms with E-state index in [1.165, 1.54) is 74.1 Å². The first kappa shape index (κ1) is 18.4. The summed E-state index contributed by atoms with van der Waals surface area (Å²) in [6, 6.07) is 9.71. The van der Waals surface area contributed by atoms with Crippen LogP contribution in [0.2, 0.25) is 0 Å². The normalized spacial score (nSPS) is 27.9. The fraction of sp³-hybridized carbons (Fsp3) is 0.414. The Morgan fingerprint density at radius 3 is 2.63 bits per heavy atom. The maximum atomic E-state index is 4.76. The molecule has 0 spiro atoms. The molecule has 0 bridgehead atoms. The fourth-order valence-corrected chi connectivity index (χ4v) is 6.90. The number of aliphatic imine (C=N–C) groups is 1. The summed E-state index contributed by atoms with van der Waals surface area (Å²) >= 11 is 0. The number of aryl methyl sites for hydroxylation is 2. The maximum Gasteiger partial charge on any atom is 0.0335 e. The highest BCUT2D eigenvalue weighted by Gasteiger charge is 2.45. The molecule has 152 valence electrons. The summed E-state index contributed by atoms with van der Waals surface area (Å²) in [6.07, 6.45) is 27.4. The third-order valence-electron chi connectivity index (χ3n) is 8.28. The summed E-state index contributed by atoms with van der Waals surface area (Å²) < 4.78 is 0. The molecule has 1 aliphatic heterocycles. The van der Waals surface area contributed by atoms with Crippen molar-refractivity contribution < 1.29 is 0 Å². The van der Waals surface area contributed by atoms with Gasteiger partial charge in [-0.15, -0.1) is 0 Å². The second kappa shape index (κ2) is 7.38. The van der Waals surface area contributed by atoms with Crippen molar-refractivity contribution in [2.75, 3.05) is 0 Å². The average Bonchev–Trinajstić information content (AvgIpc) is 3.24. The third kappa shape index (κ3) is 2.78. The van der Waals surface area contributed by atoms with Crippen molar-refractivity contribution in [2.24, 2.45) is 16.3 Å². The summed E-state index contributed by atoms with van der Waals surface area (Å²) in [5.41, 5.74) is 6.28. The van der Waals surface area contributed by atoms with Gasteiger partial charge in [-0.2, -0.15) is 0 Å². The van der Waals surface area contributed by atoms with Crippen molar-refractivity contribution in [1.82, 2.24) is 0 Å². The molecular formula is C29H31N. The van der Waals surface area contributed by atoms with Crippen LogP contribution in [0.15, 0.2) is 59.8 Å². The predicted molar refractivity (Wildman–Crippen MR) is 128 cm³/mol. The van der Waals surface area contributed by atoms with Gasteiger partial charge in [-0.3, -0.25) is 4.99 Å². The van der Waals surface area contributed by atoms with Crippen LogP contribution in [0.4, 0.5) is 0 Å². The zero-order valence-electron chi connectivity index (χ0n) is 17.8. The highest BCUT2D eigenvalue weighted by molar-refractivity contribution is 5.93. The summed E-state index contributed by atoms with van der Waals surface area (Å²) in [7, 11) is 0. The van der Waals surface area contributed by atoms with Crippen molar-refractivity contribution in [1.29, 1.82) is 0 Å². The van der Waals surface area contributed by atoms with E-state index in [0.29, 0.717) is 5.92 Å². The van der Waals surface area contributed by atoms with Crippen LogP contribution in [0.1, 0.15) is 73.1 Å². The molecule has 30 heavy (non-hydrogen) atoms. The molecule has 1 fully saturated rings. The molecule has 1 nitrogen and oxygen atoms in total. The second-order valence-corrected chi connectivity index (χ2v) is 9.71. The quantitative estimate of drug-likeness (QED) is 0.499. The van der Waals surface area contributed by atoms with E-state index in [-0.39, 0.29) is 5.41 Å². The first-order valence-electron chi connectivity index (χ1n) is 12.0. The lowest BCUT2D eigenvalue weighted by atomic mass is 9.60. The second-order valence-electron chi connectivity index (χ2n) is 9.71. The Morgan fingerprint density at radius 1 is 0.833 bits per heavy atom. The molecule has 1 heterocycles. The molecule has 0 radical (unpaired) electrons. The van der Waals surface area contributed by atoms with Crippen molar-refractivity contribution in [2.45, 2.75) is 63.7 Å². The number of benzene rings is 2. The van der Waals surface area contributed by atoms with Gasteiger partial charge in [0, 0.05) is 17.8 Å². The van der Waals surface area contributed by atoms with E-state index in [1.54, 1.807) is 16.7 Å². The van der Waals surface area contributed by atoms with E-state index in [2.05, 4.69) is 60.9 Å². The van der Waals surface area contributed by atoms with Gasteiger partial charge in [-0.05, 0) is 95.9 Å². The molecule has 1 heteroatoms. The van der Waals surface area contributed by atoms with Gasteiger partial charge in [0.05, 0.1) is 0 Å². The zero-order chi connectivity index (χ0) is 20.0. The average molecular weight is 394 g/mol. The van der Waals surface area contributed by atoms with Crippen molar-refractivity contribution >= 4 is 23.1 Å². The van der Waals surface area contributed by atoms with Crippen LogP contribution < -0.4 is 0 Å². The van der Waals surface area contributed by atoms with Gasteiger partial charge in [0.15, 0.2) is 0 Å². The Hall–Kier alpha value is -2.41. The Morgan fingerprint density at radius 2 is 1.70 bits per heavy atom. The fourth-order valence-electron chi connectivity index (χ4n) is 6.90. The number of rotatable bonds is 2. The molecular weight excluding hydrogens is 362 g/mol. The van der Waals surface area contributed by atoms with Gasteiger partial charge in [-0.1, -0.05) is 61.4 Å². The molecule has 0 amide bonds. The first-order valence-corrected chi connectivity index (χ1v) is 12.0. The van der Waals surface area contributed by atoms with Crippen LogP contribution in [0.5, 0.6) is 0 Å². The summed E-state index contributed by atoms with van der Waals surface area (Å²) in [4.78, 5) is 4.76. The molecule has 1 saturated carbocycles. The molecule has 4 aliphatic rings. The Balaban J connectivity index is 1.53. The topological polar surface area (TPSA) is 12.4 Å². The van der Waals surface area contributed by atoms with Crippen molar-refractivity contribution in [3.05, 3.63) is 77.0 Å². The number of hydrogen-bond acceptors (Lipinski definition) is 1. The van der Waals surface area contributed by atoms with Crippen LogP contribution >= 0.6 is 0 Å². The summed E-state index contributed by atoms with van der Waals surface area (Å²) in [5, 5.41) is 3.01. The first-order chi connectivity index (χ1) is 14.9. The highest BCUT2D eigenvalue weighted by Crippen LogP contribution is 2.54. The molecule has 2 atom stereocenters. The van der Waals surface area contributed by atoms with Gasteiger partial charge in [0.1, 0.15) is 0 Å². The smallest absolute Gasteiger partial charge is 0.0335 e. The Bertz CT molecular complexity index is 1080. The standard InChI is InChI=1S/C29H31N/c1-4-11-23-21(8-1)14-15-26-24-12-7-13-28(27(24)17-16-25(23)26)29(22-9-2-3-10-22)18-5-6-19-30-20-29/h1,5-6,8,14-20,22,28H,2-4,7,9-13H2. The van der Waals surface area contributed by atoms with Crippen molar-refractivity contribution in [3.63, 3.8) is 0 Å². The third-order valence-corrected chi connectivity index (χ3v) is 8.28. The predicted octanol–water partition coefficient (Wildman–Crippen LogP) is 7.55. The molecule has 2 unspecified atom stereocenters. The lowest BCUT2D eigenvalue weighted by Gasteiger charge is -2.43. The number of fused-ring (bicyclic) bond motifs is 5. The molecule has 2 aromatic rings. The van der Waals surface area contributed by atoms with E-state index >= 15 is 0 Å². The van der Waals surface area contributed by atoms with Crippen LogP contribution in [-0.4, -0.2) is 6.21 Å². The van der Waals surface area contributed by atoms with E-state index in [1.807, 2.05) is 6.20 Å². The Labute approximate surface area is 180 Å². The van der Waals surface area contributed by atoms with Crippen LogP contribution in [0, 0.1) is 11.3 Å². The van der Waals surface area contributed by atoms with E-state index in [4.69, 9.17) is 4.99 Å². The van der Waals surface area contributed by atoms with E-state index < -0.39 is 0 Å². The van der Waals surface area contributed by atoms with E-state index in [9.17, 15) is 0 Å². The maximum absolute atomic E-state index is 4.76. The molecule has 3 aliphatic carbocycles. The van der Waals surface area contributed by atoms with Crippen LogP contribution in [0.3, 0.4) is 0 Å². The van der Waals surface area contributed by atoms with Gasteiger partial charge in [0.25, 0.3) is 0 Å². The van der Waals surface area contributed by atoms with Crippen LogP contribution in [-0.2, 0) is 12.8 Å². The molecule has 0 saturated heterocycles. The number of hydrogen-bond donors (Lipinski definition) is 0. The summed E-state index contributed by atoms with van der Waals surface area (Å²) in [5.74, 6) is 1.27. The van der Waals surface area contributed by atoms with Crippen LogP contribution in [0.25, 0.3) is 16.8 Å².